The maximum atomic E-state index is 12.4. The van der Waals surface area contributed by atoms with Crippen molar-refractivity contribution in [2.45, 2.75) is 26.4 Å². The number of aliphatic hydroxyl groups is 1. The Bertz CT molecular complexity index is 461. The van der Waals surface area contributed by atoms with Gasteiger partial charge >= 0.3 is 0 Å². The third kappa shape index (κ3) is 3.58. The monoisotopic (exact) mass is 277 g/mol. The van der Waals surface area contributed by atoms with Crippen molar-refractivity contribution in [3.8, 4) is 5.75 Å². The van der Waals surface area contributed by atoms with E-state index in [1.807, 2.05) is 38.1 Å². The van der Waals surface area contributed by atoms with Gasteiger partial charge in [0.15, 0.2) is 5.78 Å². The summed E-state index contributed by atoms with van der Waals surface area (Å²) in [5.74, 6) is 0.960. The van der Waals surface area contributed by atoms with Crippen LogP contribution in [0.5, 0.6) is 5.75 Å². The van der Waals surface area contributed by atoms with E-state index in [-0.39, 0.29) is 17.8 Å². The van der Waals surface area contributed by atoms with Crippen molar-refractivity contribution in [3.63, 3.8) is 0 Å². The van der Waals surface area contributed by atoms with E-state index in [9.17, 15) is 9.90 Å². The number of para-hydroxylation sites is 1. The molecule has 1 fully saturated rings. The first-order valence-electron chi connectivity index (χ1n) is 7.27. The van der Waals surface area contributed by atoms with Gasteiger partial charge in [0.05, 0.1) is 24.8 Å². The average molecular weight is 277 g/mol. The van der Waals surface area contributed by atoms with Crippen molar-refractivity contribution < 1.29 is 14.6 Å². The van der Waals surface area contributed by atoms with Crippen molar-refractivity contribution in [1.82, 2.24) is 4.90 Å². The number of benzene rings is 1. The lowest BCUT2D eigenvalue weighted by Crippen LogP contribution is -2.44. The normalized spacial score (nSPS) is 23.6. The van der Waals surface area contributed by atoms with Crippen LogP contribution in [0.3, 0.4) is 0 Å². The van der Waals surface area contributed by atoms with Crippen molar-refractivity contribution >= 4 is 5.78 Å². The van der Waals surface area contributed by atoms with Gasteiger partial charge in [0.25, 0.3) is 0 Å². The molecule has 0 saturated carbocycles. The van der Waals surface area contributed by atoms with E-state index in [0.29, 0.717) is 24.5 Å². The Kier molecular flexibility index (Phi) is 5.15. The van der Waals surface area contributed by atoms with Crippen LogP contribution in [0.25, 0.3) is 0 Å². The van der Waals surface area contributed by atoms with Crippen LogP contribution in [0.2, 0.25) is 0 Å². The predicted molar refractivity (Wildman–Crippen MR) is 78.2 cm³/mol. The van der Waals surface area contributed by atoms with Crippen LogP contribution in [0.15, 0.2) is 24.3 Å². The third-order valence-electron chi connectivity index (χ3n) is 3.80. The summed E-state index contributed by atoms with van der Waals surface area (Å²) in [5.41, 5.74) is 0.646. The molecule has 1 aromatic rings. The zero-order valence-electron chi connectivity index (χ0n) is 12.2. The highest BCUT2D eigenvalue weighted by Gasteiger charge is 2.26. The molecule has 0 amide bonds. The van der Waals surface area contributed by atoms with E-state index in [2.05, 4.69) is 4.90 Å². The highest BCUT2D eigenvalue weighted by atomic mass is 16.5. The van der Waals surface area contributed by atoms with E-state index in [4.69, 9.17) is 4.74 Å². The van der Waals surface area contributed by atoms with Crippen molar-refractivity contribution in [1.29, 1.82) is 0 Å². The Morgan fingerprint density at radius 3 is 2.90 bits per heavy atom. The minimum atomic E-state index is -0.239. The molecule has 1 aromatic carbocycles. The van der Waals surface area contributed by atoms with Gasteiger partial charge in [-0.15, -0.1) is 0 Å². The highest BCUT2D eigenvalue weighted by Crippen LogP contribution is 2.21. The van der Waals surface area contributed by atoms with Crippen LogP contribution in [-0.2, 0) is 0 Å². The predicted octanol–water partition coefficient (Wildman–Crippen LogP) is 1.97. The molecule has 2 unspecified atom stereocenters. The first-order valence-corrected chi connectivity index (χ1v) is 7.27. The van der Waals surface area contributed by atoms with Gasteiger partial charge in [-0.25, -0.2) is 0 Å². The Morgan fingerprint density at radius 2 is 2.20 bits per heavy atom. The molecule has 0 radical (unpaired) electrons. The summed E-state index contributed by atoms with van der Waals surface area (Å²) in [7, 11) is 0. The first kappa shape index (κ1) is 15.0. The van der Waals surface area contributed by atoms with Gasteiger partial charge in [0, 0.05) is 13.1 Å². The zero-order valence-corrected chi connectivity index (χ0v) is 12.2. The SMILES string of the molecule is CCOc1ccccc1C(=O)CN1CCC(O)C(C)C1. The number of carbonyl (C=O) groups excluding carboxylic acids is 1. The molecule has 20 heavy (non-hydrogen) atoms. The molecule has 110 valence electrons. The molecule has 0 spiro atoms. The number of aliphatic hydroxyl groups excluding tert-OH is 1. The second kappa shape index (κ2) is 6.86. The van der Waals surface area contributed by atoms with Gasteiger partial charge in [-0.3, -0.25) is 9.69 Å². The maximum absolute atomic E-state index is 12.4. The molecular formula is C16H23NO3. The van der Waals surface area contributed by atoms with Crippen LogP contribution in [0, 0.1) is 5.92 Å². The fraction of sp³-hybridized carbons (Fsp3) is 0.562. The zero-order chi connectivity index (χ0) is 14.5. The standard InChI is InChI=1S/C16H23NO3/c1-3-20-16-7-5-4-6-13(16)15(19)11-17-9-8-14(18)12(2)10-17/h4-7,12,14,18H,3,8-11H2,1-2H3. The number of ketones is 1. The quantitative estimate of drug-likeness (QED) is 0.836. The lowest BCUT2D eigenvalue weighted by atomic mass is 9.96. The first-order chi connectivity index (χ1) is 9.61. The minimum absolute atomic E-state index is 0.0811. The molecule has 1 aliphatic heterocycles. The van der Waals surface area contributed by atoms with Gasteiger partial charge in [-0.1, -0.05) is 19.1 Å². The second-order valence-corrected chi connectivity index (χ2v) is 5.42. The Morgan fingerprint density at radius 1 is 1.45 bits per heavy atom. The number of hydrogen-bond acceptors (Lipinski definition) is 4. The molecule has 1 aliphatic rings. The molecule has 1 heterocycles. The summed E-state index contributed by atoms with van der Waals surface area (Å²) < 4.78 is 5.51. The molecule has 1 N–H and O–H groups in total. The van der Waals surface area contributed by atoms with E-state index >= 15 is 0 Å². The fourth-order valence-electron chi connectivity index (χ4n) is 2.63. The number of likely N-dealkylation sites (tertiary alicyclic amines) is 1. The summed E-state index contributed by atoms with van der Waals surface area (Å²) >= 11 is 0. The van der Waals surface area contributed by atoms with Crippen molar-refractivity contribution in [2.75, 3.05) is 26.2 Å². The van der Waals surface area contributed by atoms with Crippen LogP contribution in [0.4, 0.5) is 0 Å². The van der Waals surface area contributed by atoms with E-state index in [1.165, 1.54) is 0 Å². The molecule has 1 saturated heterocycles. The van der Waals surface area contributed by atoms with Crippen LogP contribution in [0.1, 0.15) is 30.6 Å². The Balaban J connectivity index is 2.01. The number of hydrogen-bond donors (Lipinski definition) is 1. The molecule has 4 nitrogen and oxygen atoms in total. The van der Waals surface area contributed by atoms with Gasteiger partial charge < -0.3 is 9.84 Å². The van der Waals surface area contributed by atoms with Crippen molar-refractivity contribution in [3.05, 3.63) is 29.8 Å². The van der Waals surface area contributed by atoms with Gasteiger partial charge in [0.1, 0.15) is 5.75 Å². The van der Waals surface area contributed by atoms with Crippen LogP contribution < -0.4 is 4.74 Å². The number of rotatable bonds is 5. The Labute approximate surface area is 120 Å². The van der Waals surface area contributed by atoms with E-state index in [0.717, 1.165) is 19.5 Å². The van der Waals surface area contributed by atoms with Crippen LogP contribution in [-0.4, -0.2) is 48.1 Å². The van der Waals surface area contributed by atoms with Gasteiger partial charge in [0.2, 0.25) is 0 Å². The lowest BCUT2D eigenvalue weighted by Gasteiger charge is -2.33. The number of carbonyl (C=O) groups is 1. The summed E-state index contributed by atoms with van der Waals surface area (Å²) in [6.07, 6.45) is 0.499. The largest absolute Gasteiger partial charge is 0.493 e. The minimum Gasteiger partial charge on any atom is -0.493 e. The molecular weight excluding hydrogens is 254 g/mol. The number of Topliss-reactive ketones (excluding diaryl/α,β-unsaturated/α-hetero) is 1. The molecule has 0 bridgehead atoms. The van der Waals surface area contributed by atoms with E-state index in [1.54, 1.807) is 0 Å². The summed E-state index contributed by atoms with van der Waals surface area (Å²) in [5, 5.41) is 9.73. The summed E-state index contributed by atoms with van der Waals surface area (Å²) in [6.45, 7) is 6.42. The van der Waals surface area contributed by atoms with Crippen molar-refractivity contribution in [2.24, 2.45) is 5.92 Å². The second-order valence-electron chi connectivity index (χ2n) is 5.42. The maximum Gasteiger partial charge on any atom is 0.180 e. The summed E-state index contributed by atoms with van der Waals surface area (Å²) in [6, 6.07) is 7.38. The third-order valence-corrected chi connectivity index (χ3v) is 3.80. The molecule has 2 atom stereocenters. The topological polar surface area (TPSA) is 49.8 Å². The summed E-state index contributed by atoms with van der Waals surface area (Å²) in [4.78, 5) is 14.5. The number of nitrogens with zero attached hydrogens (tertiary/aromatic N) is 1. The lowest BCUT2D eigenvalue weighted by molar-refractivity contribution is 0.0343. The number of piperidine rings is 1. The molecule has 4 heteroatoms. The average Bonchev–Trinajstić information content (AvgIpc) is 2.44. The van der Waals surface area contributed by atoms with Gasteiger partial charge in [-0.2, -0.15) is 0 Å². The Hall–Kier alpha value is -1.39. The van der Waals surface area contributed by atoms with E-state index < -0.39 is 0 Å². The van der Waals surface area contributed by atoms with Crippen LogP contribution >= 0.6 is 0 Å². The van der Waals surface area contributed by atoms with Gasteiger partial charge in [-0.05, 0) is 31.4 Å². The number of ether oxygens (including phenoxy) is 1. The highest BCUT2D eigenvalue weighted by molar-refractivity contribution is 6.00. The smallest absolute Gasteiger partial charge is 0.180 e. The molecule has 0 aromatic heterocycles. The fourth-order valence-corrected chi connectivity index (χ4v) is 2.63. The molecule has 0 aliphatic carbocycles. The molecule has 2 rings (SSSR count).